The Kier molecular flexibility index (Phi) is 4.29. The van der Waals surface area contributed by atoms with Crippen molar-refractivity contribution in [3.63, 3.8) is 0 Å². The van der Waals surface area contributed by atoms with Crippen LogP contribution in [0.4, 0.5) is 11.5 Å². The van der Waals surface area contributed by atoms with Crippen LogP contribution in [0.2, 0.25) is 0 Å². The monoisotopic (exact) mass is 283 g/mol. The minimum atomic E-state index is -3.32. The van der Waals surface area contributed by atoms with Crippen molar-refractivity contribution in [3.8, 4) is 0 Å². The van der Waals surface area contributed by atoms with Gasteiger partial charge in [0.05, 0.1) is 17.6 Å². The third-order valence-electron chi connectivity index (χ3n) is 3.59. The molecule has 0 radical (unpaired) electrons. The largest absolute Gasteiger partial charge is 0.397 e. The molecule has 1 aromatic heterocycles. The Bertz CT molecular complexity index is 537. The second kappa shape index (κ2) is 5.77. The molecule has 1 heterocycles. The van der Waals surface area contributed by atoms with Crippen molar-refractivity contribution < 1.29 is 8.42 Å². The Morgan fingerprint density at radius 1 is 1.37 bits per heavy atom. The Morgan fingerprint density at radius 3 is 2.68 bits per heavy atom. The van der Waals surface area contributed by atoms with Crippen molar-refractivity contribution in [2.45, 2.75) is 39.0 Å². The molecule has 0 saturated heterocycles. The van der Waals surface area contributed by atoms with E-state index in [1.807, 2.05) is 6.92 Å². The van der Waals surface area contributed by atoms with Gasteiger partial charge >= 0.3 is 0 Å². The number of hydrogen-bond donors (Lipinski definition) is 2. The molecule has 6 heteroatoms. The molecule has 19 heavy (non-hydrogen) atoms. The maximum absolute atomic E-state index is 12.1. The molecule has 0 amide bonds. The number of anilines is 2. The van der Waals surface area contributed by atoms with Gasteiger partial charge in [-0.15, -0.1) is 0 Å². The topological polar surface area (TPSA) is 85.1 Å². The fourth-order valence-corrected chi connectivity index (χ4v) is 3.96. The van der Waals surface area contributed by atoms with Crippen LogP contribution in [0.3, 0.4) is 0 Å². The summed E-state index contributed by atoms with van der Waals surface area (Å²) in [5.41, 5.74) is 7.05. The van der Waals surface area contributed by atoms with Gasteiger partial charge in [-0.1, -0.05) is 19.3 Å². The molecule has 1 fully saturated rings. The Hall–Kier alpha value is -1.30. The van der Waals surface area contributed by atoms with Crippen LogP contribution < -0.4 is 10.5 Å². The molecular formula is C13H21N3O2S. The molecule has 0 atom stereocenters. The summed E-state index contributed by atoms with van der Waals surface area (Å²) in [6.45, 7) is 1.83. The van der Waals surface area contributed by atoms with Gasteiger partial charge in [0.1, 0.15) is 5.82 Å². The standard InChI is InChI=1S/C13H21N3O2S/c1-10-7-13(15-8-12(10)14)16-19(17,18)9-11-5-3-2-4-6-11/h7-8,11H,2-6,9,14H2,1H3,(H,15,16). The summed E-state index contributed by atoms with van der Waals surface area (Å²) in [4.78, 5) is 4.00. The van der Waals surface area contributed by atoms with Gasteiger partial charge in [0.25, 0.3) is 0 Å². The van der Waals surface area contributed by atoms with Crippen LogP contribution in [0, 0.1) is 12.8 Å². The first-order chi connectivity index (χ1) is 8.96. The van der Waals surface area contributed by atoms with Crippen LogP contribution in [0.1, 0.15) is 37.7 Å². The van der Waals surface area contributed by atoms with E-state index in [0.717, 1.165) is 31.2 Å². The van der Waals surface area contributed by atoms with Crippen LogP contribution in [0.25, 0.3) is 0 Å². The lowest BCUT2D eigenvalue weighted by Crippen LogP contribution is -2.24. The minimum Gasteiger partial charge on any atom is -0.397 e. The van der Waals surface area contributed by atoms with Gasteiger partial charge in [-0.05, 0) is 37.3 Å². The summed E-state index contributed by atoms with van der Waals surface area (Å²) in [5, 5.41) is 0. The van der Waals surface area contributed by atoms with Gasteiger partial charge in [-0.2, -0.15) is 0 Å². The van der Waals surface area contributed by atoms with Gasteiger partial charge in [0, 0.05) is 0 Å². The number of rotatable bonds is 4. The lowest BCUT2D eigenvalue weighted by molar-refractivity contribution is 0.385. The van der Waals surface area contributed by atoms with Gasteiger partial charge in [-0.3, -0.25) is 4.72 Å². The van der Waals surface area contributed by atoms with E-state index in [1.54, 1.807) is 6.07 Å². The van der Waals surface area contributed by atoms with Crippen molar-refractivity contribution in [1.29, 1.82) is 0 Å². The van der Waals surface area contributed by atoms with Crippen molar-refractivity contribution in [3.05, 3.63) is 17.8 Å². The van der Waals surface area contributed by atoms with E-state index in [1.165, 1.54) is 12.6 Å². The van der Waals surface area contributed by atoms with E-state index in [4.69, 9.17) is 5.73 Å². The van der Waals surface area contributed by atoms with E-state index < -0.39 is 10.0 Å². The zero-order valence-corrected chi connectivity index (χ0v) is 12.0. The van der Waals surface area contributed by atoms with Gasteiger partial charge in [-0.25, -0.2) is 13.4 Å². The van der Waals surface area contributed by atoms with E-state index >= 15 is 0 Å². The number of aryl methyl sites for hydroxylation is 1. The highest BCUT2D eigenvalue weighted by molar-refractivity contribution is 7.92. The smallest absolute Gasteiger partial charge is 0.234 e. The number of aromatic nitrogens is 1. The Balaban J connectivity index is 2.01. The summed E-state index contributed by atoms with van der Waals surface area (Å²) in [5.74, 6) is 0.821. The summed E-state index contributed by atoms with van der Waals surface area (Å²) in [6, 6.07) is 1.66. The maximum Gasteiger partial charge on any atom is 0.234 e. The van der Waals surface area contributed by atoms with Crippen LogP contribution in [-0.2, 0) is 10.0 Å². The molecule has 5 nitrogen and oxygen atoms in total. The van der Waals surface area contributed by atoms with E-state index in [9.17, 15) is 8.42 Å². The van der Waals surface area contributed by atoms with Crippen LogP contribution in [0.15, 0.2) is 12.3 Å². The lowest BCUT2D eigenvalue weighted by Gasteiger charge is -2.21. The van der Waals surface area contributed by atoms with Crippen LogP contribution in [-0.4, -0.2) is 19.2 Å². The van der Waals surface area contributed by atoms with E-state index in [2.05, 4.69) is 9.71 Å². The molecule has 1 aliphatic carbocycles. The number of sulfonamides is 1. The number of pyridine rings is 1. The number of nitrogens with zero attached hydrogens (tertiary/aromatic N) is 1. The first kappa shape index (κ1) is 14.1. The molecule has 0 spiro atoms. The summed E-state index contributed by atoms with van der Waals surface area (Å²) < 4.78 is 26.7. The lowest BCUT2D eigenvalue weighted by atomic mass is 9.91. The molecule has 1 aliphatic rings. The molecule has 1 aromatic rings. The second-order valence-electron chi connectivity index (χ2n) is 5.31. The maximum atomic E-state index is 12.1. The van der Waals surface area contributed by atoms with E-state index in [-0.39, 0.29) is 11.7 Å². The fourth-order valence-electron chi connectivity index (χ4n) is 2.49. The SMILES string of the molecule is Cc1cc(NS(=O)(=O)CC2CCCCC2)ncc1N. The van der Waals surface area contributed by atoms with Gasteiger partial charge in [0.15, 0.2) is 0 Å². The van der Waals surface area contributed by atoms with Crippen molar-refractivity contribution in [2.24, 2.45) is 5.92 Å². The van der Waals surface area contributed by atoms with Crippen LogP contribution >= 0.6 is 0 Å². The predicted molar refractivity (Wildman–Crippen MR) is 77.4 cm³/mol. The first-order valence-corrected chi connectivity index (χ1v) is 8.34. The Morgan fingerprint density at radius 2 is 2.05 bits per heavy atom. The zero-order valence-electron chi connectivity index (χ0n) is 11.2. The highest BCUT2D eigenvalue weighted by Gasteiger charge is 2.21. The van der Waals surface area contributed by atoms with Crippen LogP contribution in [0.5, 0.6) is 0 Å². The molecule has 0 bridgehead atoms. The molecular weight excluding hydrogens is 262 g/mol. The van der Waals surface area contributed by atoms with Gasteiger partial charge < -0.3 is 5.73 Å². The van der Waals surface area contributed by atoms with E-state index in [0.29, 0.717) is 11.5 Å². The first-order valence-electron chi connectivity index (χ1n) is 6.69. The number of nitrogen functional groups attached to an aromatic ring is 1. The summed E-state index contributed by atoms with van der Waals surface area (Å²) in [7, 11) is -3.32. The summed E-state index contributed by atoms with van der Waals surface area (Å²) in [6.07, 6.45) is 7.00. The molecule has 0 unspecified atom stereocenters. The zero-order chi connectivity index (χ0) is 13.9. The quantitative estimate of drug-likeness (QED) is 0.888. The number of hydrogen-bond acceptors (Lipinski definition) is 4. The second-order valence-corrected chi connectivity index (χ2v) is 7.08. The molecule has 2 rings (SSSR count). The third-order valence-corrected chi connectivity index (χ3v) is 5.02. The average molecular weight is 283 g/mol. The molecule has 0 aromatic carbocycles. The average Bonchev–Trinajstić information content (AvgIpc) is 2.34. The summed E-state index contributed by atoms with van der Waals surface area (Å²) >= 11 is 0. The number of nitrogens with one attached hydrogen (secondary N) is 1. The molecule has 106 valence electrons. The van der Waals surface area contributed by atoms with Gasteiger partial charge in [0.2, 0.25) is 10.0 Å². The molecule has 3 N–H and O–H groups in total. The normalized spacial score (nSPS) is 17.3. The highest BCUT2D eigenvalue weighted by atomic mass is 32.2. The van der Waals surface area contributed by atoms with Crippen molar-refractivity contribution in [2.75, 3.05) is 16.2 Å². The highest BCUT2D eigenvalue weighted by Crippen LogP contribution is 2.25. The molecule has 0 aliphatic heterocycles. The Labute approximate surface area is 114 Å². The minimum absolute atomic E-state index is 0.193. The fraction of sp³-hybridized carbons (Fsp3) is 0.615. The number of nitrogens with two attached hydrogens (primary N) is 1. The predicted octanol–water partition coefficient (Wildman–Crippen LogP) is 2.29. The van der Waals surface area contributed by atoms with Crippen molar-refractivity contribution in [1.82, 2.24) is 4.98 Å². The third kappa shape index (κ3) is 4.09. The molecule has 1 saturated carbocycles. The van der Waals surface area contributed by atoms with Crippen molar-refractivity contribution >= 4 is 21.5 Å².